The van der Waals surface area contributed by atoms with Crippen LogP contribution < -0.4 is 0 Å². The summed E-state index contributed by atoms with van der Waals surface area (Å²) in [5.74, 6) is 0.534. The van der Waals surface area contributed by atoms with E-state index in [1.165, 1.54) is 5.56 Å². The van der Waals surface area contributed by atoms with Gasteiger partial charge in [0, 0.05) is 18.0 Å². The van der Waals surface area contributed by atoms with Crippen molar-refractivity contribution >= 4 is 11.3 Å². The van der Waals surface area contributed by atoms with E-state index in [-0.39, 0.29) is 0 Å². The number of thiazole rings is 1. The normalized spacial score (nSPS) is 12.9. The monoisotopic (exact) mass is 261 g/mol. The fraction of sp³-hybridized carbons (Fsp3) is 0.400. The molecule has 0 aliphatic rings. The number of benzene rings is 1. The summed E-state index contributed by atoms with van der Waals surface area (Å²) < 4.78 is 0. The molecule has 1 heterocycles. The Bertz CT molecular complexity index is 462. The molecule has 2 aromatic rings. The fourth-order valence-electron chi connectivity index (χ4n) is 1.91. The maximum absolute atomic E-state index is 10.1. The number of aliphatic hydroxyl groups is 1. The second-order valence-corrected chi connectivity index (χ2v) is 5.78. The van der Waals surface area contributed by atoms with Crippen molar-refractivity contribution < 1.29 is 5.11 Å². The first-order valence-electron chi connectivity index (χ1n) is 6.33. The zero-order chi connectivity index (χ0) is 13.0. The van der Waals surface area contributed by atoms with E-state index in [4.69, 9.17) is 0 Å². The molecule has 2 nitrogen and oxygen atoms in total. The number of aliphatic hydroxyl groups excluding tert-OH is 1. The first-order valence-corrected chi connectivity index (χ1v) is 7.21. The molecule has 1 aromatic carbocycles. The van der Waals surface area contributed by atoms with Gasteiger partial charge in [0.15, 0.2) is 0 Å². The molecule has 0 fully saturated rings. The second-order valence-electron chi connectivity index (χ2n) is 4.80. The Morgan fingerprint density at radius 1 is 1.17 bits per heavy atom. The second kappa shape index (κ2) is 6.12. The highest BCUT2D eigenvalue weighted by Crippen LogP contribution is 2.22. The summed E-state index contributed by atoms with van der Waals surface area (Å²) in [4.78, 5) is 4.23. The zero-order valence-electron chi connectivity index (χ0n) is 10.8. The van der Waals surface area contributed by atoms with Gasteiger partial charge in [0.05, 0.1) is 11.1 Å². The molecule has 18 heavy (non-hydrogen) atoms. The van der Waals surface area contributed by atoms with Gasteiger partial charge in [0.25, 0.3) is 0 Å². The lowest BCUT2D eigenvalue weighted by Gasteiger charge is -2.12. The zero-order valence-corrected chi connectivity index (χ0v) is 11.7. The average molecular weight is 261 g/mol. The Kier molecular flexibility index (Phi) is 4.50. The maximum Gasteiger partial charge on any atom is 0.0925 e. The predicted octanol–water partition coefficient (Wildman–Crippen LogP) is 3.93. The number of hydrogen-bond acceptors (Lipinski definition) is 3. The average Bonchev–Trinajstić information content (AvgIpc) is 2.89. The molecule has 1 unspecified atom stereocenters. The quantitative estimate of drug-likeness (QED) is 0.884. The largest absolute Gasteiger partial charge is 0.388 e. The maximum atomic E-state index is 10.1. The Morgan fingerprint density at radius 3 is 2.39 bits per heavy atom. The van der Waals surface area contributed by atoms with Crippen molar-refractivity contribution in [2.45, 2.75) is 38.7 Å². The van der Waals surface area contributed by atoms with Gasteiger partial charge >= 0.3 is 0 Å². The van der Waals surface area contributed by atoms with Crippen molar-refractivity contribution in [3.05, 3.63) is 52.0 Å². The van der Waals surface area contributed by atoms with E-state index in [2.05, 4.69) is 31.0 Å². The SMILES string of the molecule is CC(C)c1ccc(C(O)CCc2nccs2)cc1. The molecule has 0 spiro atoms. The molecule has 3 heteroatoms. The summed E-state index contributed by atoms with van der Waals surface area (Å²) >= 11 is 1.64. The summed E-state index contributed by atoms with van der Waals surface area (Å²) in [6.45, 7) is 4.35. The summed E-state index contributed by atoms with van der Waals surface area (Å²) in [7, 11) is 0. The smallest absolute Gasteiger partial charge is 0.0925 e. The van der Waals surface area contributed by atoms with Gasteiger partial charge in [-0.1, -0.05) is 38.1 Å². The lowest BCUT2D eigenvalue weighted by atomic mass is 9.98. The standard InChI is InChI=1S/C15H19NOS/c1-11(2)12-3-5-13(6-4-12)14(17)7-8-15-16-9-10-18-15/h3-6,9-11,14,17H,7-8H2,1-2H3. The van der Waals surface area contributed by atoms with Gasteiger partial charge in [-0.2, -0.15) is 0 Å². The Labute approximate surface area is 112 Å². The topological polar surface area (TPSA) is 33.1 Å². The molecule has 0 amide bonds. The van der Waals surface area contributed by atoms with Gasteiger partial charge in [-0.05, 0) is 23.5 Å². The first kappa shape index (κ1) is 13.2. The lowest BCUT2D eigenvalue weighted by molar-refractivity contribution is 0.168. The van der Waals surface area contributed by atoms with Crippen LogP contribution in [-0.2, 0) is 6.42 Å². The van der Waals surface area contributed by atoms with Crippen LogP contribution in [0.25, 0.3) is 0 Å². The van der Waals surface area contributed by atoms with Crippen molar-refractivity contribution in [3.63, 3.8) is 0 Å². The molecule has 0 aliphatic heterocycles. The van der Waals surface area contributed by atoms with E-state index in [0.717, 1.165) is 23.4 Å². The summed E-state index contributed by atoms with van der Waals surface area (Å²) in [5.41, 5.74) is 2.31. The van der Waals surface area contributed by atoms with Crippen molar-refractivity contribution in [1.82, 2.24) is 4.98 Å². The van der Waals surface area contributed by atoms with Crippen LogP contribution in [0.15, 0.2) is 35.8 Å². The minimum atomic E-state index is -0.393. The van der Waals surface area contributed by atoms with E-state index in [9.17, 15) is 5.11 Å². The van der Waals surface area contributed by atoms with Gasteiger partial charge in [-0.15, -0.1) is 11.3 Å². The van der Waals surface area contributed by atoms with Gasteiger partial charge in [0.1, 0.15) is 0 Å². The minimum absolute atomic E-state index is 0.393. The predicted molar refractivity (Wildman–Crippen MR) is 75.9 cm³/mol. The van der Waals surface area contributed by atoms with Gasteiger partial charge in [-0.3, -0.25) is 0 Å². The number of aromatic nitrogens is 1. The highest BCUT2D eigenvalue weighted by atomic mass is 32.1. The number of nitrogens with zero attached hydrogens (tertiary/aromatic N) is 1. The van der Waals surface area contributed by atoms with Crippen LogP contribution in [0, 0.1) is 0 Å². The van der Waals surface area contributed by atoms with Crippen molar-refractivity contribution in [2.75, 3.05) is 0 Å². The van der Waals surface area contributed by atoms with Crippen molar-refractivity contribution in [1.29, 1.82) is 0 Å². The van der Waals surface area contributed by atoms with Gasteiger partial charge < -0.3 is 5.11 Å². The van der Waals surface area contributed by atoms with Gasteiger partial charge in [0.2, 0.25) is 0 Å². The molecule has 0 saturated carbocycles. The summed E-state index contributed by atoms with van der Waals surface area (Å²) in [5, 5.41) is 13.2. The van der Waals surface area contributed by atoms with Crippen molar-refractivity contribution in [3.8, 4) is 0 Å². The molecule has 0 aliphatic carbocycles. The molecular weight excluding hydrogens is 242 g/mol. The van der Waals surface area contributed by atoms with Crippen LogP contribution in [0.1, 0.15) is 48.4 Å². The molecule has 2 rings (SSSR count). The van der Waals surface area contributed by atoms with Crippen LogP contribution in [-0.4, -0.2) is 10.1 Å². The van der Waals surface area contributed by atoms with Crippen LogP contribution in [0.5, 0.6) is 0 Å². The molecular formula is C15H19NOS. The molecule has 0 saturated heterocycles. The van der Waals surface area contributed by atoms with E-state index >= 15 is 0 Å². The fourth-order valence-corrected chi connectivity index (χ4v) is 2.54. The van der Waals surface area contributed by atoms with Crippen LogP contribution in [0.3, 0.4) is 0 Å². The molecule has 0 bridgehead atoms. The van der Waals surface area contributed by atoms with Crippen LogP contribution >= 0.6 is 11.3 Å². The summed E-state index contributed by atoms with van der Waals surface area (Å²) in [6.07, 6.45) is 2.98. The van der Waals surface area contributed by atoms with E-state index in [1.54, 1.807) is 11.3 Å². The third-order valence-electron chi connectivity index (χ3n) is 3.10. The highest BCUT2D eigenvalue weighted by Gasteiger charge is 2.09. The highest BCUT2D eigenvalue weighted by molar-refractivity contribution is 7.09. The molecule has 1 atom stereocenters. The third kappa shape index (κ3) is 3.40. The molecule has 0 radical (unpaired) electrons. The molecule has 1 aromatic heterocycles. The van der Waals surface area contributed by atoms with E-state index in [0.29, 0.717) is 5.92 Å². The van der Waals surface area contributed by atoms with Crippen molar-refractivity contribution in [2.24, 2.45) is 0 Å². The lowest BCUT2D eigenvalue weighted by Crippen LogP contribution is -2.00. The Morgan fingerprint density at radius 2 is 1.83 bits per heavy atom. The Balaban J connectivity index is 1.94. The van der Waals surface area contributed by atoms with E-state index < -0.39 is 6.10 Å². The number of hydrogen-bond donors (Lipinski definition) is 1. The van der Waals surface area contributed by atoms with Crippen LogP contribution in [0.4, 0.5) is 0 Å². The van der Waals surface area contributed by atoms with Gasteiger partial charge in [-0.25, -0.2) is 4.98 Å². The third-order valence-corrected chi connectivity index (χ3v) is 3.94. The number of rotatable bonds is 5. The summed E-state index contributed by atoms with van der Waals surface area (Å²) in [6, 6.07) is 8.27. The molecule has 1 N–H and O–H groups in total. The number of aryl methyl sites for hydroxylation is 1. The van der Waals surface area contributed by atoms with Crippen LogP contribution in [0.2, 0.25) is 0 Å². The van der Waals surface area contributed by atoms with E-state index in [1.807, 2.05) is 23.7 Å². The molecule has 96 valence electrons. The Hall–Kier alpha value is -1.19. The minimum Gasteiger partial charge on any atom is -0.388 e. The first-order chi connectivity index (χ1) is 8.66.